The molecule has 19 heavy (non-hydrogen) atoms. The van der Waals surface area contributed by atoms with Crippen molar-refractivity contribution in [3.05, 3.63) is 33.9 Å². The normalized spacial score (nSPS) is 23.1. The second-order valence-electron chi connectivity index (χ2n) is 5.29. The molecule has 2 atom stereocenters. The van der Waals surface area contributed by atoms with Gasteiger partial charge in [0.2, 0.25) is 0 Å². The molecule has 0 aromatic heterocycles. The minimum Gasteiger partial charge on any atom is -0.393 e. The van der Waals surface area contributed by atoms with Crippen molar-refractivity contribution in [1.29, 1.82) is 0 Å². The Morgan fingerprint density at radius 2 is 2.26 bits per heavy atom. The molecule has 0 spiro atoms. The van der Waals surface area contributed by atoms with E-state index < -0.39 is 0 Å². The van der Waals surface area contributed by atoms with E-state index in [-0.39, 0.29) is 16.7 Å². The molecule has 0 radical (unpaired) electrons. The Labute approximate surface area is 112 Å². The van der Waals surface area contributed by atoms with Gasteiger partial charge < -0.3 is 10.4 Å². The van der Waals surface area contributed by atoms with Gasteiger partial charge in [0.25, 0.3) is 5.69 Å². The molecule has 1 saturated carbocycles. The smallest absolute Gasteiger partial charge is 0.292 e. The van der Waals surface area contributed by atoms with Crippen molar-refractivity contribution in [2.24, 2.45) is 5.92 Å². The van der Waals surface area contributed by atoms with E-state index >= 15 is 0 Å². The number of anilines is 1. The SMILES string of the molecule is Cc1cccc([N+](=O)[O-])c1NCC1CCCC(O)C1. The van der Waals surface area contributed by atoms with Gasteiger partial charge in [0.05, 0.1) is 11.0 Å². The first-order valence-corrected chi connectivity index (χ1v) is 6.74. The number of aliphatic hydroxyl groups is 1. The zero-order chi connectivity index (χ0) is 13.8. The van der Waals surface area contributed by atoms with E-state index in [1.54, 1.807) is 6.07 Å². The summed E-state index contributed by atoms with van der Waals surface area (Å²) in [6, 6.07) is 5.08. The lowest BCUT2D eigenvalue weighted by atomic mass is 9.87. The van der Waals surface area contributed by atoms with Crippen LogP contribution in [0.2, 0.25) is 0 Å². The van der Waals surface area contributed by atoms with Crippen LogP contribution in [0.5, 0.6) is 0 Å². The van der Waals surface area contributed by atoms with Gasteiger partial charge in [-0.3, -0.25) is 10.1 Å². The molecule has 0 bridgehead atoms. The van der Waals surface area contributed by atoms with Crippen LogP contribution in [0.25, 0.3) is 0 Å². The maximum Gasteiger partial charge on any atom is 0.292 e. The molecule has 2 unspecified atom stereocenters. The zero-order valence-corrected chi connectivity index (χ0v) is 11.1. The molecule has 1 fully saturated rings. The number of rotatable bonds is 4. The first-order valence-electron chi connectivity index (χ1n) is 6.74. The van der Waals surface area contributed by atoms with Crippen molar-refractivity contribution in [3.8, 4) is 0 Å². The van der Waals surface area contributed by atoms with Crippen molar-refractivity contribution < 1.29 is 10.0 Å². The maximum atomic E-state index is 11.0. The summed E-state index contributed by atoms with van der Waals surface area (Å²) in [6.07, 6.45) is 3.55. The highest BCUT2D eigenvalue weighted by atomic mass is 16.6. The van der Waals surface area contributed by atoms with E-state index in [2.05, 4.69) is 5.32 Å². The lowest BCUT2D eigenvalue weighted by Gasteiger charge is -2.26. The minimum absolute atomic E-state index is 0.122. The average molecular weight is 264 g/mol. The highest BCUT2D eigenvalue weighted by molar-refractivity contribution is 5.65. The molecule has 0 aliphatic heterocycles. The summed E-state index contributed by atoms with van der Waals surface area (Å²) < 4.78 is 0. The Morgan fingerprint density at radius 3 is 2.95 bits per heavy atom. The monoisotopic (exact) mass is 264 g/mol. The van der Waals surface area contributed by atoms with Crippen LogP contribution in [0.4, 0.5) is 11.4 Å². The molecule has 2 rings (SSSR count). The number of nitrogens with one attached hydrogen (secondary N) is 1. The molecule has 0 saturated heterocycles. The average Bonchev–Trinajstić information content (AvgIpc) is 2.37. The molecule has 104 valence electrons. The van der Waals surface area contributed by atoms with E-state index in [0.717, 1.165) is 31.2 Å². The highest BCUT2D eigenvalue weighted by Gasteiger charge is 2.21. The summed E-state index contributed by atoms with van der Waals surface area (Å²) in [7, 11) is 0. The third kappa shape index (κ3) is 3.44. The van der Waals surface area contributed by atoms with Gasteiger partial charge in [-0.25, -0.2) is 0 Å². The largest absolute Gasteiger partial charge is 0.393 e. The van der Waals surface area contributed by atoms with Gasteiger partial charge in [0.1, 0.15) is 5.69 Å². The zero-order valence-electron chi connectivity index (χ0n) is 11.1. The van der Waals surface area contributed by atoms with E-state index in [9.17, 15) is 15.2 Å². The molecule has 5 heteroatoms. The number of para-hydroxylation sites is 1. The quantitative estimate of drug-likeness (QED) is 0.647. The van der Waals surface area contributed by atoms with Crippen LogP contribution in [0.3, 0.4) is 0 Å². The van der Waals surface area contributed by atoms with Gasteiger partial charge in [-0.15, -0.1) is 0 Å². The second kappa shape index (κ2) is 6.02. The summed E-state index contributed by atoms with van der Waals surface area (Å²) >= 11 is 0. The predicted molar refractivity (Wildman–Crippen MR) is 74.3 cm³/mol. The van der Waals surface area contributed by atoms with E-state index in [1.807, 2.05) is 13.0 Å². The lowest BCUT2D eigenvalue weighted by Crippen LogP contribution is -2.25. The molecule has 1 aromatic rings. The molecule has 1 aromatic carbocycles. The van der Waals surface area contributed by atoms with Crippen LogP contribution in [0.1, 0.15) is 31.2 Å². The summed E-state index contributed by atoms with van der Waals surface area (Å²) in [6.45, 7) is 2.55. The molecule has 1 aliphatic rings. The van der Waals surface area contributed by atoms with Crippen LogP contribution >= 0.6 is 0 Å². The number of nitro benzene ring substituents is 1. The number of nitro groups is 1. The van der Waals surface area contributed by atoms with Crippen molar-refractivity contribution in [3.63, 3.8) is 0 Å². The Balaban J connectivity index is 2.04. The van der Waals surface area contributed by atoms with Crippen LogP contribution in [-0.4, -0.2) is 22.7 Å². The van der Waals surface area contributed by atoms with Crippen molar-refractivity contribution >= 4 is 11.4 Å². The van der Waals surface area contributed by atoms with Crippen molar-refractivity contribution in [1.82, 2.24) is 0 Å². The Bertz CT molecular complexity index is 462. The first-order chi connectivity index (χ1) is 9.08. The van der Waals surface area contributed by atoms with Crippen LogP contribution < -0.4 is 5.32 Å². The predicted octanol–water partition coefficient (Wildman–Crippen LogP) is 2.87. The number of benzene rings is 1. The van der Waals surface area contributed by atoms with E-state index in [4.69, 9.17) is 0 Å². The van der Waals surface area contributed by atoms with E-state index in [1.165, 1.54) is 6.07 Å². The molecule has 1 aliphatic carbocycles. The van der Waals surface area contributed by atoms with E-state index in [0.29, 0.717) is 18.2 Å². The second-order valence-corrected chi connectivity index (χ2v) is 5.29. The summed E-state index contributed by atoms with van der Waals surface area (Å²) in [4.78, 5) is 10.6. The fourth-order valence-electron chi connectivity index (χ4n) is 2.73. The summed E-state index contributed by atoms with van der Waals surface area (Å²) in [5.74, 6) is 0.392. The molecular weight excluding hydrogens is 244 g/mol. The molecule has 2 N–H and O–H groups in total. The number of hydrogen-bond donors (Lipinski definition) is 2. The summed E-state index contributed by atoms with van der Waals surface area (Å²) in [5.41, 5.74) is 1.61. The first kappa shape index (κ1) is 13.8. The van der Waals surface area contributed by atoms with Crippen LogP contribution in [0.15, 0.2) is 18.2 Å². The fourth-order valence-corrected chi connectivity index (χ4v) is 2.73. The van der Waals surface area contributed by atoms with Gasteiger partial charge in [-0.05, 0) is 37.7 Å². The molecule has 0 amide bonds. The Hall–Kier alpha value is -1.62. The van der Waals surface area contributed by atoms with Crippen LogP contribution in [0, 0.1) is 23.0 Å². The van der Waals surface area contributed by atoms with Crippen molar-refractivity contribution in [2.45, 2.75) is 38.7 Å². The topological polar surface area (TPSA) is 75.4 Å². The Kier molecular flexibility index (Phi) is 4.37. The minimum atomic E-state index is -0.356. The maximum absolute atomic E-state index is 11.0. The summed E-state index contributed by atoms with van der Waals surface area (Å²) in [5, 5.41) is 23.8. The molecule has 5 nitrogen and oxygen atoms in total. The number of aliphatic hydroxyl groups excluding tert-OH is 1. The Morgan fingerprint density at radius 1 is 1.47 bits per heavy atom. The van der Waals surface area contributed by atoms with Gasteiger partial charge in [0, 0.05) is 12.6 Å². The van der Waals surface area contributed by atoms with Crippen LogP contribution in [-0.2, 0) is 0 Å². The number of aryl methyl sites for hydroxylation is 1. The van der Waals surface area contributed by atoms with Gasteiger partial charge >= 0.3 is 0 Å². The number of hydrogen-bond acceptors (Lipinski definition) is 4. The van der Waals surface area contributed by atoms with Gasteiger partial charge in [-0.2, -0.15) is 0 Å². The fraction of sp³-hybridized carbons (Fsp3) is 0.571. The number of nitrogens with zero attached hydrogens (tertiary/aromatic N) is 1. The molecular formula is C14H20N2O3. The van der Waals surface area contributed by atoms with Gasteiger partial charge in [-0.1, -0.05) is 18.6 Å². The third-order valence-corrected chi connectivity index (χ3v) is 3.77. The highest BCUT2D eigenvalue weighted by Crippen LogP contribution is 2.30. The lowest BCUT2D eigenvalue weighted by molar-refractivity contribution is -0.384. The van der Waals surface area contributed by atoms with Crippen molar-refractivity contribution in [2.75, 3.05) is 11.9 Å². The molecule has 0 heterocycles. The van der Waals surface area contributed by atoms with Gasteiger partial charge in [0.15, 0.2) is 0 Å². The standard InChI is InChI=1S/C14H20N2O3/c1-10-4-2-7-13(16(18)19)14(10)15-9-11-5-3-6-12(17)8-11/h2,4,7,11-12,15,17H,3,5-6,8-9H2,1H3. The third-order valence-electron chi connectivity index (χ3n) is 3.77.